The van der Waals surface area contributed by atoms with Crippen molar-refractivity contribution in [3.63, 3.8) is 0 Å². The van der Waals surface area contributed by atoms with Crippen LogP contribution < -0.4 is 10.1 Å². The second kappa shape index (κ2) is 10.0. The summed E-state index contributed by atoms with van der Waals surface area (Å²) in [5.74, 6) is 1.46. The molecule has 0 spiro atoms. The van der Waals surface area contributed by atoms with Gasteiger partial charge in [-0.2, -0.15) is 0 Å². The fraction of sp³-hybridized carbons (Fsp3) is 0.136. The van der Waals surface area contributed by atoms with Gasteiger partial charge in [0.15, 0.2) is 0 Å². The molecule has 0 saturated carbocycles. The van der Waals surface area contributed by atoms with Crippen molar-refractivity contribution < 1.29 is 9.53 Å². The fourth-order valence-corrected chi connectivity index (χ4v) is 3.61. The highest BCUT2D eigenvalue weighted by molar-refractivity contribution is 7.98. The van der Waals surface area contributed by atoms with Crippen molar-refractivity contribution in [1.82, 2.24) is 5.32 Å². The lowest BCUT2D eigenvalue weighted by molar-refractivity contribution is 0.0944. The summed E-state index contributed by atoms with van der Waals surface area (Å²) in [4.78, 5) is 13.5. The number of rotatable bonds is 8. The lowest BCUT2D eigenvalue weighted by Crippen LogP contribution is -2.28. The van der Waals surface area contributed by atoms with Gasteiger partial charge in [-0.15, -0.1) is 11.8 Å². The fourth-order valence-electron chi connectivity index (χ4n) is 2.47. The first-order valence-corrected chi connectivity index (χ1v) is 10.0. The lowest BCUT2D eigenvalue weighted by Gasteiger charge is -2.11. The Kier molecular flexibility index (Phi) is 7.19. The summed E-state index contributed by atoms with van der Waals surface area (Å²) in [6.07, 6.45) is 0. The zero-order chi connectivity index (χ0) is 18.9. The second-order valence-corrected chi connectivity index (χ2v) is 7.28. The van der Waals surface area contributed by atoms with E-state index in [2.05, 4.69) is 17.4 Å². The summed E-state index contributed by atoms with van der Waals surface area (Å²) in [6.45, 7) is 0.825. The minimum absolute atomic E-state index is 0.0918. The van der Waals surface area contributed by atoms with Crippen molar-refractivity contribution in [2.24, 2.45) is 0 Å². The molecule has 0 heterocycles. The molecule has 0 unspecified atom stereocenters. The monoisotopic (exact) mass is 397 g/mol. The molecule has 0 radical (unpaired) electrons. The summed E-state index contributed by atoms with van der Waals surface area (Å²) in [7, 11) is 0. The van der Waals surface area contributed by atoms with Crippen LogP contribution in [0.5, 0.6) is 5.75 Å². The zero-order valence-corrected chi connectivity index (χ0v) is 16.3. The Morgan fingerprint density at radius 2 is 1.63 bits per heavy atom. The molecule has 3 rings (SSSR count). The summed E-state index contributed by atoms with van der Waals surface area (Å²) < 4.78 is 5.60. The number of thioether (sulfide) groups is 1. The maximum Gasteiger partial charge on any atom is 0.252 e. The molecule has 1 N–H and O–H groups in total. The van der Waals surface area contributed by atoms with Crippen molar-refractivity contribution in [3.05, 3.63) is 95.0 Å². The van der Waals surface area contributed by atoms with E-state index in [1.165, 1.54) is 5.56 Å². The van der Waals surface area contributed by atoms with E-state index in [9.17, 15) is 4.79 Å². The summed E-state index contributed by atoms with van der Waals surface area (Å²) >= 11 is 7.51. The smallest absolute Gasteiger partial charge is 0.252 e. The van der Waals surface area contributed by atoms with Crippen LogP contribution in [-0.2, 0) is 5.75 Å². The first kappa shape index (κ1) is 19.3. The molecule has 1 amide bonds. The predicted molar refractivity (Wildman–Crippen MR) is 112 cm³/mol. The Morgan fingerprint density at radius 3 is 2.41 bits per heavy atom. The van der Waals surface area contributed by atoms with E-state index in [1.807, 2.05) is 42.5 Å². The van der Waals surface area contributed by atoms with E-state index in [1.54, 1.807) is 36.0 Å². The molecule has 0 fully saturated rings. The highest BCUT2D eigenvalue weighted by Crippen LogP contribution is 2.26. The van der Waals surface area contributed by atoms with Gasteiger partial charge in [0, 0.05) is 15.7 Å². The molecule has 0 aliphatic rings. The number of carbonyl (C=O) groups excluding carboxylic acids is 1. The number of halogens is 1. The van der Waals surface area contributed by atoms with Crippen molar-refractivity contribution in [2.45, 2.75) is 10.6 Å². The maximum atomic E-state index is 12.5. The Hall–Kier alpha value is -2.43. The van der Waals surface area contributed by atoms with Crippen LogP contribution in [0, 0.1) is 0 Å². The van der Waals surface area contributed by atoms with E-state index in [-0.39, 0.29) is 5.91 Å². The number of hydrogen-bond donors (Lipinski definition) is 1. The Balaban J connectivity index is 1.51. The van der Waals surface area contributed by atoms with Gasteiger partial charge in [-0.1, -0.05) is 54.1 Å². The van der Waals surface area contributed by atoms with Crippen molar-refractivity contribution in [1.29, 1.82) is 0 Å². The molecule has 0 aliphatic heterocycles. The standard InChI is InChI=1S/C22H20ClNO2S/c23-18-10-12-19(13-11-18)26-15-14-24-22(25)20-8-4-5-9-21(20)27-16-17-6-2-1-3-7-17/h1-13H,14-16H2,(H,24,25). The highest BCUT2D eigenvalue weighted by atomic mass is 35.5. The molecule has 0 saturated heterocycles. The van der Waals surface area contributed by atoms with E-state index in [0.29, 0.717) is 23.7 Å². The van der Waals surface area contributed by atoms with Crippen LogP contribution >= 0.6 is 23.4 Å². The topological polar surface area (TPSA) is 38.3 Å². The Labute approximate surface area is 168 Å². The van der Waals surface area contributed by atoms with E-state index in [0.717, 1.165) is 16.4 Å². The Morgan fingerprint density at radius 1 is 0.926 bits per heavy atom. The molecule has 0 atom stereocenters. The third-order valence-electron chi connectivity index (χ3n) is 3.84. The molecule has 138 valence electrons. The maximum absolute atomic E-state index is 12.5. The number of benzene rings is 3. The minimum atomic E-state index is -0.0918. The van der Waals surface area contributed by atoms with Gasteiger partial charge in [0.05, 0.1) is 12.1 Å². The third kappa shape index (κ3) is 6.05. The molecular formula is C22H20ClNO2S. The molecule has 3 nitrogen and oxygen atoms in total. The van der Waals surface area contributed by atoms with Gasteiger partial charge in [0.25, 0.3) is 5.91 Å². The molecule has 0 aliphatic carbocycles. The van der Waals surface area contributed by atoms with Crippen LogP contribution in [0.2, 0.25) is 5.02 Å². The highest BCUT2D eigenvalue weighted by Gasteiger charge is 2.11. The van der Waals surface area contributed by atoms with Gasteiger partial charge in [-0.25, -0.2) is 0 Å². The number of hydrogen-bond acceptors (Lipinski definition) is 3. The third-order valence-corrected chi connectivity index (χ3v) is 5.24. The largest absolute Gasteiger partial charge is 0.492 e. The van der Waals surface area contributed by atoms with Crippen molar-refractivity contribution >= 4 is 29.3 Å². The summed E-state index contributed by atoms with van der Waals surface area (Å²) in [5.41, 5.74) is 1.92. The second-order valence-electron chi connectivity index (χ2n) is 5.83. The van der Waals surface area contributed by atoms with Gasteiger partial charge < -0.3 is 10.1 Å². The molecule has 5 heteroatoms. The first-order valence-electron chi connectivity index (χ1n) is 8.65. The van der Waals surface area contributed by atoms with Crippen LogP contribution in [0.1, 0.15) is 15.9 Å². The van der Waals surface area contributed by atoms with Gasteiger partial charge in [0.1, 0.15) is 12.4 Å². The van der Waals surface area contributed by atoms with Crippen molar-refractivity contribution in [2.75, 3.05) is 13.2 Å². The quantitative estimate of drug-likeness (QED) is 0.406. The number of nitrogens with one attached hydrogen (secondary N) is 1. The number of amides is 1. The zero-order valence-electron chi connectivity index (χ0n) is 14.7. The Bertz CT molecular complexity index is 869. The molecular weight excluding hydrogens is 378 g/mol. The normalized spacial score (nSPS) is 10.4. The van der Waals surface area contributed by atoms with Crippen LogP contribution in [0.15, 0.2) is 83.8 Å². The van der Waals surface area contributed by atoms with Crippen LogP contribution in [-0.4, -0.2) is 19.1 Å². The molecule has 3 aromatic rings. The van der Waals surface area contributed by atoms with Crippen LogP contribution in [0.25, 0.3) is 0 Å². The number of ether oxygens (including phenoxy) is 1. The summed E-state index contributed by atoms with van der Waals surface area (Å²) in [5, 5.41) is 3.58. The number of carbonyl (C=O) groups is 1. The predicted octanol–water partition coefficient (Wildman–Crippen LogP) is 5.44. The van der Waals surface area contributed by atoms with Gasteiger partial charge >= 0.3 is 0 Å². The van der Waals surface area contributed by atoms with Crippen LogP contribution in [0.3, 0.4) is 0 Å². The van der Waals surface area contributed by atoms with E-state index < -0.39 is 0 Å². The van der Waals surface area contributed by atoms with Crippen LogP contribution in [0.4, 0.5) is 0 Å². The van der Waals surface area contributed by atoms with E-state index in [4.69, 9.17) is 16.3 Å². The SMILES string of the molecule is O=C(NCCOc1ccc(Cl)cc1)c1ccccc1SCc1ccccc1. The molecule has 3 aromatic carbocycles. The molecule has 0 aromatic heterocycles. The first-order chi connectivity index (χ1) is 13.2. The van der Waals surface area contributed by atoms with E-state index >= 15 is 0 Å². The van der Waals surface area contributed by atoms with Gasteiger partial charge in [-0.05, 0) is 42.0 Å². The van der Waals surface area contributed by atoms with Gasteiger partial charge in [-0.3, -0.25) is 4.79 Å². The molecule has 0 bridgehead atoms. The lowest BCUT2D eigenvalue weighted by atomic mass is 10.2. The molecule has 27 heavy (non-hydrogen) atoms. The minimum Gasteiger partial charge on any atom is -0.492 e. The summed E-state index contributed by atoms with van der Waals surface area (Å²) in [6, 6.07) is 25.0. The average Bonchev–Trinajstić information content (AvgIpc) is 2.72. The van der Waals surface area contributed by atoms with Gasteiger partial charge in [0.2, 0.25) is 0 Å². The van der Waals surface area contributed by atoms with Crippen molar-refractivity contribution in [3.8, 4) is 5.75 Å². The average molecular weight is 398 g/mol.